The third kappa shape index (κ3) is 4.01. The van der Waals surface area contributed by atoms with E-state index in [2.05, 4.69) is 20.2 Å². The van der Waals surface area contributed by atoms with Gasteiger partial charge in [-0.1, -0.05) is 12.1 Å². The Morgan fingerprint density at radius 3 is 2.81 bits per heavy atom. The second-order valence-corrected chi connectivity index (χ2v) is 6.17. The van der Waals surface area contributed by atoms with Gasteiger partial charge in [0.25, 0.3) is 5.88 Å². The predicted molar refractivity (Wildman–Crippen MR) is 95.6 cm³/mol. The summed E-state index contributed by atoms with van der Waals surface area (Å²) in [7, 11) is 3.35. The highest BCUT2D eigenvalue weighted by molar-refractivity contribution is 5.74. The van der Waals surface area contributed by atoms with Crippen LogP contribution in [-0.2, 0) is 6.54 Å². The number of halogens is 1. The number of nitrogens with one attached hydrogen (secondary N) is 1. The van der Waals surface area contributed by atoms with Crippen LogP contribution in [0.25, 0.3) is 0 Å². The second kappa shape index (κ2) is 7.99. The molecule has 0 bridgehead atoms. The lowest BCUT2D eigenvalue weighted by atomic mass is 10.2. The van der Waals surface area contributed by atoms with Crippen LogP contribution in [0.3, 0.4) is 0 Å². The summed E-state index contributed by atoms with van der Waals surface area (Å²) in [4.78, 5) is 24.7. The van der Waals surface area contributed by atoms with Crippen molar-refractivity contribution in [3.05, 3.63) is 48.0 Å². The number of methoxy groups -OCH3 is 1. The van der Waals surface area contributed by atoms with Gasteiger partial charge < -0.3 is 19.9 Å². The molecule has 8 heteroatoms. The van der Waals surface area contributed by atoms with Gasteiger partial charge in [-0.05, 0) is 24.1 Å². The van der Waals surface area contributed by atoms with Gasteiger partial charge in [-0.25, -0.2) is 19.2 Å². The molecule has 0 saturated carbocycles. The molecule has 1 aliphatic rings. The molecule has 1 atom stereocenters. The van der Waals surface area contributed by atoms with Gasteiger partial charge in [-0.2, -0.15) is 0 Å². The zero-order chi connectivity index (χ0) is 18.5. The molecule has 0 spiro atoms. The van der Waals surface area contributed by atoms with Gasteiger partial charge in [0.15, 0.2) is 5.82 Å². The second-order valence-electron chi connectivity index (χ2n) is 6.17. The monoisotopic (exact) mass is 359 g/mol. The summed E-state index contributed by atoms with van der Waals surface area (Å²) in [6, 6.07) is 5.99. The van der Waals surface area contributed by atoms with E-state index in [4.69, 9.17) is 4.74 Å². The number of anilines is 1. The quantitative estimate of drug-likeness (QED) is 0.885. The lowest BCUT2D eigenvalue weighted by Gasteiger charge is -2.25. The molecule has 1 fully saturated rings. The van der Waals surface area contributed by atoms with Gasteiger partial charge in [-0.15, -0.1) is 0 Å². The molecule has 2 heterocycles. The van der Waals surface area contributed by atoms with Crippen molar-refractivity contribution >= 4 is 11.8 Å². The number of amides is 2. The lowest BCUT2D eigenvalue weighted by molar-refractivity contribution is 0.194. The van der Waals surface area contributed by atoms with Gasteiger partial charge in [-0.3, -0.25) is 0 Å². The van der Waals surface area contributed by atoms with Crippen molar-refractivity contribution in [1.29, 1.82) is 0 Å². The fourth-order valence-corrected chi connectivity index (χ4v) is 3.00. The minimum Gasteiger partial charge on any atom is -0.478 e. The molecule has 3 rings (SSSR count). The van der Waals surface area contributed by atoms with Crippen LogP contribution in [0, 0.1) is 5.82 Å². The highest BCUT2D eigenvalue weighted by atomic mass is 19.1. The van der Waals surface area contributed by atoms with Crippen molar-refractivity contribution in [2.75, 3.05) is 32.1 Å². The van der Waals surface area contributed by atoms with Crippen LogP contribution in [0.1, 0.15) is 12.0 Å². The Labute approximate surface area is 151 Å². The lowest BCUT2D eigenvalue weighted by Crippen LogP contribution is -2.44. The van der Waals surface area contributed by atoms with Crippen LogP contribution in [0.15, 0.2) is 36.7 Å². The number of ether oxygens (including phenoxy) is 1. The summed E-state index contributed by atoms with van der Waals surface area (Å²) in [5, 5.41) is 2.87. The minimum absolute atomic E-state index is 0.0648. The maximum atomic E-state index is 12.9. The van der Waals surface area contributed by atoms with Crippen LogP contribution in [0.4, 0.5) is 15.0 Å². The molecule has 1 saturated heterocycles. The predicted octanol–water partition coefficient (Wildman–Crippen LogP) is 2.04. The van der Waals surface area contributed by atoms with E-state index >= 15 is 0 Å². The molecule has 1 aromatic carbocycles. The molecule has 2 aromatic rings. The minimum atomic E-state index is -0.289. The first-order chi connectivity index (χ1) is 12.6. The van der Waals surface area contributed by atoms with Crippen LogP contribution in [0.2, 0.25) is 0 Å². The Kier molecular flexibility index (Phi) is 5.50. The van der Waals surface area contributed by atoms with Gasteiger partial charge >= 0.3 is 6.03 Å². The van der Waals surface area contributed by atoms with Crippen molar-refractivity contribution in [3.8, 4) is 5.88 Å². The highest BCUT2D eigenvalue weighted by Gasteiger charge is 2.30. The van der Waals surface area contributed by atoms with E-state index in [9.17, 15) is 9.18 Å². The maximum absolute atomic E-state index is 12.9. The topological polar surface area (TPSA) is 70.6 Å². The van der Waals surface area contributed by atoms with Crippen molar-refractivity contribution < 1.29 is 13.9 Å². The highest BCUT2D eigenvalue weighted by Crippen LogP contribution is 2.27. The van der Waals surface area contributed by atoms with Crippen molar-refractivity contribution in [2.45, 2.75) is 19.0 Å². The first-order valence-corrected chi connectivity index (χ1v) is 8.43. The fraction of sp³-hybridized carbons (Fsp3) is 0.389. The van der Waals surface area contributed by atoms with E-state index in [0.29, 0.717) is 24.8 Å². The van der Waals surface area contributed by atoms with Crippen LogP contribution >= 0.6 is 0 Å². The average Bonchev–Trinajstić information content (AvgIpc) is 3.16. The Morgan fingerprint density at radius 1 is 1.35 bits per heavy atom. The van der Waals surface area contributed by atoms with Gasteiger partial charge in [0.05, 0.1) is 13.2 Å². The van der Waals surface area contributed by atoms with Gasteiger partial charge in [0, 0.05) is 39.1 Å². The molecule has 0 aliphatic carbocycles. The average molecular weight is 359 g/mol. The molecule has 1 aromatic heterocycles. The number of hydrogen-bond donors (Lipinski definition) is 1. The Bertz CT molecular complexity index is 756. The van der Waals surface area contributed by atoms with Gasteiger partial charge in [0.1, 0.15) is 5.82 Å². The van der Waals surface area contributed by atoms with Crippen LogP contribution < -0.4 is 15.0 Å². The molecule has 1 aliphatic heterocycles. The first kappa shape index (κ1) is 17.9. The molecule has 2 amide bonds. The molecule has 26 heavy (non-hydrogen) atoms. The van der Waals surface area contributed by atoms with E-state index < -0.39 is 0 Å². The number of likely N-dealkylation sites (N-methyl/N-ethyl adjacent to an activating group) is 1. The molecule has 138 valence electrons. The van der Waals surface area contributed by atoms with Crippen molar-refractivity contribution in [1.82, 2.24) is 20.2 Å². The van der Waals surface area contributed by atoms with E-state index in [1.54, 1.807) is 43.6 Å². The first-order valence-electron chi connectivity index (χ1n) is 8.43. The molecule has 0 unspecified atom stereocenters. The summed E-state index contributed by atoms with van der Waals surface area (Å²) in [6.45, 7) is 1.79. The molecule has 1 N–H and O–H groups in total. The third-order valence-electron chi connectivity index (χ3n) is 4.53. The largest absolute Gasteiger partial charge is 0.478 e. The zero-order valence-electron chi connectivity index (χ0n) is 14.9. The van der Waals surface area contributed by atoms with E-state index in [-0.39, 0.29) is 17.9 Å². The number of benzene rings is 1. The molecule has 7 nitrogen and oxygen atoms in total. The normalized spacial score (nSPS) is 16.4. The Morgan fingerprint density at radius 2 is 2.08 bits per heavy atom. The van der Waals surface area contributed by atoms with E-state index in [1.165, 1.54) is 12.1 Å². The van der Waals surface area contributed by atoms with E-state index in [0.717, 1.165) is 18.5 Å². The van der Waals surface area contributed by atoms with Gasteiger partial charge in [0.2, 0.25) is 0 Å². The summed E-state index contributed by atoms with van der Waals surface area (Å²) in [5.41, 5.74) is 0.852. The number of nitrogens with zero attached hydrogens (tertiary/aromatic N) is 4. The summed E-state index contributed by atoms with van der Waals surface area (Å²) < 4.78 is 18.2. The summed E-state index contributed by atoms with van der Waals surface area (Å²) in [6.07, 6.45) is 4.05. The number of hydrogen-bond acceptors (Lipinski definition) is 5. The summed E-state index contributed by atoms with van der Waals surface area (Å²) in [5.74, 6) is 0.886. The number of carbonyl (C=O) groups excluding carboxylic acids is 1. The molecular weight excluding hydrogens is 337 g/mol. The Balaban J connectivity index is 1.56. The number of urea groups is 1. The van der Waals surface area contributed by atoms with E-state index in [1.807, 2.05) is 0 Å². The number of carbonyl (C=O) groups is 1. The third-order valence-corrected chi connectivity index (χ3v) is 4.53. The smallest absolute Gasteiger partial charge is 0.317 e. The SMILES string of the molecule is COc1nccnc1N1CC[C@@H](N(C)C(=O)NCc2ccc(F)cc2)C1. The summed E-state index contributed by atoms with van der Waals surface area (Å²) >= 11 is 0. The standard InChI is InChI=1S/C18H22FN5O2/c1-23(18(25)22-11-13-3-5-14(19)6-4-13)15-7-10-24(12-15)16-17(26-2)21-9-8-20-16/h3-6,8-9,15H,7,10-12H2,1-2H3,(H,22,25)/t15-/m1/s1. The Hall–Kier alpha value is -2.90. The number of aromatic nitrogens is 2. The molecule has 0 radical (unpaired) electrons. The number of rotatable bonds is 5. The zero-order valence-corrected chi connectivity index (χ0v) is 14.9. The molecular formula is C18H22FN5O2. The van der Waals surface area contributed by atoms with Crippen molar-refractivity contribution in [2.24, 2.45) is 0 Å². The van der Waals surface area contributed by atoms with Crippen LogP contribution in [-0.4, -0.2) is 54.2 Å². The van der Waals surface area contributed by atoms with Crippen LogP contribution in [0.5, 0.6) is 5.88 Å². The van der Waals surface area contributed by atoms with Crippen molar-refractivity contribution in [3.63, 3.8) is 0 Å². The maximum Gasteiger partial charge on any atom is 0.317 e. The fourth-order valence-electron chi connectivity index (χ4n) is 3.00.